The second kappa shape index (κ2) is 10.5. The van der Waals surface area contributed by atoms with Crippen LogP contribution in [0.2, 0.25) is 0 Å². The summed E-state index contributed by atoms with van der Waals surface area (Å²) in [6.07, 6.45) is 4.12. The molecule has 0 aliphatic rings. The fourth-order valence-corrected chi connectivity index (χ4v) is 5.86. The van der Waals surface area contributed by atoms with E-state index in [0.717, 1.165) is 47.7 Å². The molecule has 0 fully saturated rings. The van der Waals surface area contributed by atoms with Gasteiger partial charge >= 0.3 is 0 Å². The monoisotopic (exact) mass is 418 g/mol. The van der Waals surface area contributed by atoms with Gasteiger partial charge in [0.25, 0.3) is 0 Å². The predicted molar refractivity (Wildman–Crippen MR) is 129 cm³/mol. The molecule has 0 aliphatic heterocycles. The maximum Gasteiger partial charge on any atom is 0.150 e. The molecule has 0 heterocycles. The summed E-state index contributed by atoms with van der Waals surface area (Å²) in [5.74, 6) is 0.954. The van der Waals surface area contributed by atoms with E-state index in [-0.39, 0.29) is 5.16 Å². The fraction of sp³-hybridized carbons (Fsp3) is 0.296. The smallest absolute Gasteiger partial charge is 0.150 e. The first-order valence-electron chi connectivity index (χ1n) is 10.7. The van der Waals surface area contributed by atoms with Crippen LogP contribution >= 0.6 is 8.58 Å². The minimum atomic E-state index is -0.0497. The topological polar surface area (TPSA) is 26.3 Å². The summed E-state index contributed by atoms with van der Waals surface area (Å²) in [7, 11) is 0.508. The zero-order valence-electron chi connectivity index (χ0n) is 18.2. The van der Waals surface area contributed by atoms with E-state index in [2.05, 4.69) is 57.2 Å². The third-order valence-corrected chi connectivity index (χ3v) is 7.71. The van der Waals surface area contributed by atoms with Gasteiger partial charge in [0.1, 0.15) is 12.4 Å². The van der Waals surface area contributed by atoms with Crippen LogP contribution in [0.1, 0.15) is 60.2 Å². The molecule has 0 spiro atoms. The molecule has 0 aliphatic carbocycles. The number of benzene rings is 3. The zero-order chi connectivity index (χ0) is 21.4. The number of rotatable bonds is 10. The lowest BCUT2D eigenvalue weighted by atomic mass is 9.89. The largest absolute Gasteiger partial charge is 0.489 e. The molecule has 2 nitrogen and oxygen atoms in total. The van der Waals surface area contributed by atoms with Crippen molar-refractivity contribution in [2.45, 2.75) is 51.8 Å². The average molecular weight is 419 g/mol. The average Bonchev–Trinajstić information content (AvgIpc) is 2.79. The molecule has 0 saturated heterocycles. The molecule has 2 atom stereocenters. The van der Waals surface area contributed by atoms with Crippen LogP contribution in [0.4, 0.5) is 0 Å². The van der Waals surface area contributed by atoms with Crippen molar-refractivity contribution in [2.24, 2.45) is 0 Å². The van der Waals surface area contributed by atoms with Crippen molar-refractivity contribution >= 4 is 20.2 Å². The number of carbonyl (C=O) groups is 1. The Labute approximate surface area is 182 Å². The van der Waals surface area contributed by atoms with Crippen molar-refractivity contribution < 1.29 is 9.53 Å². The molecule has 0 amide bonds. The molecule has 30 heavy (non-hydrogen) atoms. The summed E-state index contributed by atoms with van der Waals surface area (Å²) in [4.78, 5) is 11.7. The predicted octanol–water partition coefficient (Wildman–Crippen LogP) is 6.80. The number of hydrogen-bond acceptors (Lipinski definition) is 2. The lowest BCUT2D eigenvalue weighted by molar-refractivity contribution is 0.112. The number of carbonyl (C=O) groups excluding carboxylic acids is 1. The Morgan fingerprint density at radius 1 is 0.967 bits per heavy atom. The van der Waals surface area contributed by atoms with Crippen LogP contribution in [0.15, 0.2) is 72.8 Å². The third kappa shape index (κ3) is 5.18. The summed E-state index contributed by atoms with van der Waals surface area (Å²) in [6.45, 7) is 7.19. The molecule has 0 radical (unpaired) electrons. The summed E-state index contributed by atoms with van der Waals surface area (Å²) >= 11 is 0. The first-order valence-corrected chi connectivity index (χ1v) is 11.7. The molecule has 0 saturated carbocycles. The third-order valence-electron chi connectivity index (χ3n) is 5.63. The van der Waals surface area contributed by atoms with Gasteiger partial charge in [-0.3, -0.25) is 4.79 Å². The highest BCUT2D eigenvalue weighted by Crippen LogP contribution is 2.51. The molecular weight excluding hydrogens is 387 g/mol. The van der Waals surface area contributed by atoms with Crippen LogP contribution in [0.25, 0.3) is 0 Å². The van der Waals surface area contributed by atoms with Gasteiger partial charge in [0, 0.05) is 16.3 Å². The second-order valence-electron chi connectivity index (χ2n) is 7.79. The minimum absolute atomic E-state index is 0.0497. The molecule has 3 aromatic carbocycles. The summed E-state index contributed by atoms with van der Waals surface area (Å²) in [6, 6.07) is 24.8. The van der Waals surface area contributed by atoms with Crippen molar-refractivity contribution in [3.63, 3.8) is 0 Å². The lowest BCUT2D eigenvalue weighted by Gasteiger charge is -2.35. The Kier molecular flexibility index (Phi) is 7.82. The summed E-state index contributed by atoms with van der Waals surface area (Å²) in [5.41, 5.74) is 4.46. The Morgan fingerprint density at radius 2 is 1.70 bits per heavy atom. The van der Waals surface area contributed by atoms with Crippen LogP contribution in [0, 0.1) is 6.92 Å². The van der Waals surface area contributed by atoms with Crippen molar-refractivity contribution in [3.05, 3.63) is 95.1 Å². The van der Waals surface area contributed by atoms with Crippen LogP contribution < -0.4 is 10.0 Å². The maximum absolute atomic E-state index is 11.7. The number of aryl methyl sites for hydroxylation is 1. The number of ether oxygens (including phenoxy) is 1. The van der Waals surface area contributed by atoms with Crippen LogP contribution in [0.3, 0.4) is 0 Å². The number of hydrogen-bond donors (Lipinski definition) is 0. The van der Waals surface area contributed by atoms with E-state index in [0.29, 0.717) is 15.2 Å². The van der Waals surface area contributed by atoms with E-state index in [4.69, 9.17) is 4.74 Å². The Hall–Kier alpha value is -2.44. The molecular formula is C27H31O2P. The van der Waals surface area contributed by atoms with Gasteiger partial charge in [0.15, 0.2) is 6.29 Å². The normalized spacial score (nSPS) is 13.3. The quantitative estimate of drug-likeness (QED) is 0.267. The van der Waals surface area contributed by atoms with E-state index in [9.17, 15) is 4.79 Å². The Balaban J connectivity index is 2.02. The van der Waals surface area contributed by atoms with Gasteiger partial charge in [0.2, 0.25) is 0 Å². The Morgan fingerprint density at radius 3 is 2.40 bits per heavy atom. The first kappa shape index (κ1) is 22.2. The van der Waals surface area contributed by atoms with Crippen LogP contribution in [0.5, 0.6) is 5.75 Å². The van der Waals surface area contributed by atoms with Gasteiger partial charge in [0.05, 0.1) is 0 Å². The van der Waals surface area contributed by atoms with E-state index in [1.54, 1.807) is 0 Å². The van der Waals surface area contributed by atoms with Gasteiger partial charge in [-0.1, -0.05) is 101 Å². The van der Waals surface area contributed by atoms with Crippen molar-refractivity contribution in [1.82, 2.24) is 0 Å². The SMILES string of the molecule is CCCC(CC)(Pc1ccccc1C=O)c1cc(C)ccc1OCc1ccccc1. The van der Waals surface area contributed by atoms with Crippen molar-refractivity contribution in [2.75, 3.05) is 0 Å². The van der Waals surface area contributed by atoms with Gasteiger partial charge < -0.3 is 4.74 Å². The van der Waals surface area contributed by atoms with Crippen LogP contribution in [-0.2, 0) is 11.8 Å². The molecule has 0 bridgehead atoms. The molecule has 3 heteroatoms. The van der Waals surface area contributed by atoms with Gasteiger partial charge in [-0.2, -0.15) is 0 Å². The highest BCUT2D eigenvalue weighted by Gasteiger charge is 2.33. The molecule has 0 N–H and O–H groups in total. The zero-order valence-corrected chi connectivity index (χ0v) is 19.2. The maximum atomic E-state index is 11.7. The van der Waals surface area contributed by atoms with E-state index >= 15 is 0 Å². The van der Waals surface area contributed by atoms with Gasteiger partial charge in [-0.15, -0.1) is 0 Å². The highest BCUT2D eigenvalue weighted by atomic mass is 31.1. The molecule has 156 valence electrons. The van der Waals surface area contributed by atoms with E-state index in [1.807, 2.05) is 36.4 Å². The van der Waals surface area contributed by atoms with Crippen molar-refractivity contribution in [1.29, 1.82) is 0 Å². The summed E-state index contributed by atoms with van der Waals surface area (Å²) < 4.78 is 6.36. The number of aldehydes is 1. The fourth-order valence-electron chi connectivity index (χ4n) is 4.00. The molecule has 3 rings (SSSR count). The summed E-state index contributed by atoms with van der Waals surface area (Å²) in [5, 5.41) is 1.09. The van der Waals surface area contributed by atoms with Gasteiger partial charge in [-0.25, -0.2) is 0 Å². The molecule has 3 aromatic rings. The lowest BCUT2D eigenvalue weighted by Crippen LogP contribution is -2.25. The minimum Gasteiger partial charge on any atom is -0.489 e. The van der Waals surface area contributed by atoms with E-state index in [1.165, 1.54) is 11.1 Å². The highest BCUT2D eigenvalue weighted by molar-refractivity contribution is 7.48. The van der Waals surface area contributed by atoms with E-state index < -0.39 is 0 Å². The second-order valence-corrected chi connectivity index (χ2v) is 9.54. The van der Waals surface area contributed by atoms with Gasteiger partial charge in [-0.05, 0) is 36.7 Å². The standard InChI is InChI=1S/C27H31O2P/c1-4-17-27(5-2,30-26-14-10-9-13-23(26)19-28)24-18-21(3)15-16-25(24)29-20-22-11-7-6-8-12-22/h6-16,18-19,30H,4-5,17,20H2,1-3H3. The van der Waals surface area contributed by atoms with Crippen molar-refractivity contribution in [3.8, 4) is 5.75 Å². The molecule has 0 aromatic heterocycles. The Bertz CT molecular complexity index is 968. The molecule has 2 unspecified atom stereocenters. The van der Waals surface area contributed by atoms with Crippen LogP contribution in [-0.4, -0.2) is 6.29 Å². The first-order chi connectivity index (χ1) is 14.6.